The highest BCUT2D eigenvalue weighted by Crippen LogP contribution is 2.19. The van der Waals surface area contributed by atoms with Gasteiger partial charge in [0.05, 0.1) is 11.1 Å². The normalized spacial score (nSPS) is 15.0. The topological polar surface area (TPSA) is 35.2 Å². The van der Waals surface area contributed by atoms with E-state index in [1.54, 1.807) is 19.2 Å². The molecule has 1 rings (SSSR count). The van der Waals surface area contributed by atoms with E-state index in [-0.39, 0.29) is 17.2 Å². The van der Waals surface area contributed by atoms with Crippen molar-refractivity contribution in [2.24, 2.45) is 11.7 Å². The van der Waals surface area contributed by atoms with Gasteiger partial charge in [0.2, 0.25) is 0 Å². The van der Waals surface area contributed by atoms with E-state index in [2.05, 4.69) is 13.8 Å². The summed E-state index contributed by atoms with van der Waals surface area (Å²) >= 11 is 5.73. The Kier molecular flexibility index (Phi) is 5.37. The average molecular weight is 260 g/mol. The van der Waals surface area contributed by atoms with E-state index in [1.165, 1.54) is 6.07 Å². The minimum atomic E-state index is -0.406. The van der Waals surface area contributed by atoms with Gasteiger partial charge in [0.1, 0.15) is 5.82 Å². The second-order valence-electron chi connectivity index (χ2n) is 4.56. The zero-order valence-corrected chi connectivity index (χ0v) is 11.2. The third kappa shape index (κ3) is 3.95. The highest BCUT2D eigenvalue weighted by atomic mass is 35.5. The van der Waals surface area contributed by atoms with Crippen LogP contribution in [-0.4, -0.2) is 19.3 Å². The molecule has 1 aromatic rings. The first-order valence-corrected chi connectivity index (χ1v) is 6.05. The van der Waals surface area contributed by atoms with Gasteiger partial charge >= 0.3 is 0 Å². The standard InChI is InChI=1S/C13H19ClFNO/c1-8(2)13(17-3)12(16)7-9-4-5-11(15)10(14)6-9/h4-6,8,12-13H,7,16H2,1-3H3. The fourth-order valence-electron chi connectivity index (χ4n) is 2.00. The van der Waals surface area contributed by atoms with Crippen molar-refractivity contribution < 1.29 is 9.13 Å². The van der Waals surface area contributed by atoms with Crippen LogP contribution in [-0.2, 0) is 11.2 Å². The van der Waals surface area contributed by atoms with Crippen molar-refractivity contribution in [3.8, 4) is 0 Å². The molecule has 4 heteroatoms. The van der Waals surface area contributed by atoms with Gasteiger partial charge in [-0.1, -0.05) is 31.5 Å². The van der Waals surface area contributed by atoms with Crippen molar-refractivity contribution in [2.45, 2.75) is 32.4 Å². The van der Waals surface area contributed by atoms with Crippen molar-refractivity contribution in [1.29, 1.82) is 0 Å². The Balaban J connectivity index is 2.73. The Hall–Kier alpha value is -0.640. The zero-order valence-electron chi connectivity index (χ0n) is 10.4. The van der Waals surface area contributed by atoms with Crippen LogP contribution >= 0.6 is 11.6 Å². The van der Waals surface area contributed by atoms with Crippen molar-refractivity contribution >= 4 is 11.6 Å². The van der Waals surface area contributed by atoms with E-state index < -0.39 is 5.82 Å². The van der Waals surface area contributed by atoms with Gasteiger partial charge in [0.15, 0.2) is 0 Å². The summed E-state index contributed by atoms with van der Waals surface area (Å²) in [5, 5.41) is 0.133. The minimum absolute atomic E-state index is 0.0150. The van der Waals surface area contributed by atoms with Gasteiger partial charge in [0, 0.05) is 13.2 Å². The molecular weight excluding hydrogens is 241 g/mol. The second-order valence-corrected chi connectivity index (χ2v) is 4.97. The summed E-state index contributed by atoms with van der Waals surface area (Å²) in [4.78, 5) is 0. The van der Waals surface area contributed by atoms with E-state index in [4.69, 9.17) is 22.1 Å². The van der Waals surface area contributed by atoms with Gasteiger partial charge in [0.25, 0.3) is 0 Å². The zero-order chi connectivity index (χ0) is 13.0. The van der Waals surface area contributed by atoms with Gasteiger partial charge < -0.3 is 10.5 Å². The van der Waals surface area contributed by atoms with Crippen LogP contribution in [0.5, 0.6) is 0 Å². The predicted octanol–water partition coefficient (Wildman–Crippen LogP) is 3.02. The van der Waals surface area contributed by atoms with E-state index in [0.29, 0.717) is 12.3 Å². The highest BCUT2D eigenvalue weighted by molar-refractivity contribution is 6.30. The molecule has 0 aliphatic carbocycles. The average Bonchev–Trinajstić information content (AvgIpc) is 2.24. The first-order valence-electron chi connectivity index (χ1n) is 5.68. The number of nitrogens with two attached hydrogens (primary N) is 1. The third-order valence-corrected chi connectivity index (χ3v) is 3.10. The number of hydrogen-bond donors (Lipinski definition) is 1. The minimum Gasteiger partial charge on any atom is -0.380 e. The molecule has 0 aliphatic rings. The number of hydrogen-bond acceptors (Lipinski definition) is 2. The Labute approximate surface area is 107 Å². The predicted molar refractivity (Wildman–Crippen MR) is 68.7 cm³/mol. The summed E-state index contributed by atoms with van der Waals surface area (Å²) in [6.45, 7) is 4.12. The van der Waals surface area contributed by atoms with Crippen LogP contribution in [0.1, 0.15) is 19.4 Å². The fourth-order valence-corrected chi connectivity index (χ4v) is 2.20. The molecule has 0 saturated carbocycles. The Morgan fingerprint density at radius 2 is 2.06 bits per heavy atom. The monoisotopic (exact) mass is 259 g/mol. The lowest BCUT2D eigenvalue weighted by Crippen LogP contribution is -2.41. The maximum absolute atomic E-state index is 13.0. The molecule has 0 spiro atoms. The molecule has 0 bridgehead atoms. The summed E-state index contributed by atoms with van der Waals surface area (Å²) in [5.41, 5.74) is 7.01. The summed E-state index contributed by atoms with van der Waals surface area (Å²) in [6, 6.07) is 4.56. The van der Waals surface area contributed by atoms with Crippen molar-refractivity contribution in [3.05, 3.63) is 34.6 Å². The lowest BCUT2D eigenvalue weighted by atomic mass is 9.94. The van der Waals surface area contributed by atoms with Crippen molar-refractivity contribution in [3.63, 3.8) is 0 Å². The number of benzene rings is 1. The molecule has 2 N–H and O–H groups in total. The summed E-state index contributed by atoms with van der Waals surface area (Å²) in [6.07, 6.45) is 0.607. The molecule has 0 saturated heterocycles. The quantitative estimate of drug-likeness (QED) is 0.882. The van der Waals surface area contributed by atoms with Gasteiger partial charge in [-0.2, -0.15) is 0 Å². The molecule has 0 aromatic heterocycles. The van der Waals surface area contributed by atoms with Crippen LogP contribution in [0.3, 0.4) is 0 Å². The maximum Gasteiger partial charge on any atom is 0.141 e. The fraction of sp³-hybridized carbons (Fsp3) is 0.538. The Morgan fingerprint density at radius 3 is 2.53 bits per heavy atom. The number of rotatable bonds is 5. The molecular formula is C13H19ClFNO. The van der Waals surface area contributed by atoms with Crippen LogP contribution in [0.25, 0.3) is 0 Å². The van der Waals surface area contributed by atoms with E-state index in [0.717, 1.165) is 5.56 Å². The van der Waals surface area contributed by atoms with Crippen LogP contribution in [0.2, 0.25) is 5.02 Å². The molecule has 1 aromatic carbocycles. The van der Waals surface area contributed by atoms with Crippen molar-refractivity contribution in [2.75, 3.05) is 7.11 Å². The molecule has 17 heavy (non-hydrogen) atoms. The lowest BCUT2D eigenvalue weighted by Gasteiger charge is -2.26. The Morgan fingerprint density at radius 1 is 1.41 bits per heavy atom. The summed E-state index contributed by atoms with van der Waals surface area (Å²) < 4.78 is 18.4. The first-order chi connectivity index (χ1) is 7.95. The summed E-state index contributed by atoms with van der Waals surface area (Å²) in [5.74, 6) is -0.0675. The van der Waals surface area contributed by atoms with Crippen LogP contribution in [0, 0.1) is 11.7 Å². The molecule has 0 aliphatic heterocycles. The molecule has 2 atom stereocenters. The van der Waals surface area contributed by atoms with E-state index in [9.17, 15) is 4.39 Å². The lowest BCUT2D eigenvalue weighted by molar-refractivity contribution is 0.0441. The van der Waals surface area contributed by atoms with E-state index in [1.807, 2.05) is 0 Å². The number of halogens is 2. The van der Waals surface area contributed by atoms with Crippen LogP contribution < -0.4 is 5.73 Å². The molecule has 96 valence electrons. The highest BCUT2D eigenvalue weighted by Gasteiger charge is 2.21. The molecule has 2 unspecified atom stereocenters. The summed E-state index contributed by atoms with van der Waals surface area (Å²) in [7, 11) is 1.65. The molecule has 0 amide bonds. The van der Waals surface area contributed by atoms with Crippen molar-refractivity contribution in [1.82, 2.24) is 0 Å². The molecule has 0 fully saturated rings. The largest absolute Gasteiger partial charge is 0.380 e. The molecule has 0 heterocycles. The van der Waals surface area contributed by atoms with E-state index >= 15 is 0 Å². The SMILES string of the molecule is COC(C(C)C)C(N)Cc1ccc(F)c(Cl)c1. The smallest absolute Gasteiger partial charge is 0.141 e. The van der Waals surface area contributed by atoms with Crippen LogP contribution in [0.4, 0.5) is 4.39 Å². The third-order valence-electron chi connectivity index (χ3n) is 2.81. The Bertz CT molecular complexity index is 370. The van der Waals surface area contributed by atoms with Gasteiger partial charge in [-0.15, -0.1) is 0 Å². The second kappa shape index (κ2) is 6.34. The van der Waals surface area contributed by atoms with Gasteiger partial charge in [-0.3, -0.25) is 0 Å². The van der Waals surface area contributed by atoms with Gasteiger partial charge in [-0.05, 0) is 30.0 Å². The maximum atomic E-state index is 13.0. The molecule has 0 radical (unpaired) electrons. The number of methoxy groups -OCH3 is 1. The van der Waals surface area contributed by atoms with Crippen LogP contribution in [0.15, 0.2) is 18.2 Å². The number of ether oxygens (including phenoxy) is 1. The molecule has 2 nitrogen and oxygen atoms in total. The van der Waals surface area contributed by atoms with Gasteiger partial charge in [-0.25, -0.2) is 4.39 Å². The first kappa shape index (κ1) is 14.4.